The predicted octanol–water partition coefficient (Wildman–Crippen LogP) is 1.51. The second-order valence-corrected chi connectivity index (χ2v) is 5.43. The van der Waals surface area contributed by atoms with Gasteiger partial charge in [-0.2, -0.15) is 0 Å². The number of hydrogen-bond acceptors (Lipinski definition) is 3. The molecule has 2 rings (SSSR count). The molecule has 1 aliphatic rings. The van der Waals surface area contributed by atoms with Crippen molar-refractivity contribution in [2.75, 3.05) is 13.2 Å². The standard InChI is InChI=1S/C14H21NO2/c1-14(2)7-12-5-3-4-11(13(12)17-14)6-10(8-15)9-16/h3-5,10,16H,6-9,15H2,1-2H3. The van der Waals surface area contributed by atoms with Gasteiger partial charge >= 0.3 is 0 Å². The molecule has 17 heavy (non-hydrogen) atoms. The first-order valence-corrected chi connectivity index (χ1v) is 6.16. The van der Waals surface area contributed by atoms with Crippen LogP contribution in [0.2, 0.25) is 0 Å². The molecule has 1 atom stereocenters. The third kappa shape index (κ3) is 2.61. The lowest BCUT2D eigenvalue weighted by molar-refractivity contribution is 0.136. The van der Waals surface area contributed by atoms with E-state index in [9.17, 15) is 5.11 Å². The van der Waals surface area contributed by atoms with E-state index in [-0.39, 0.29) is 18.1 Å². The third-order valence-corrected chi connectivity index (χ3v) is 3.27. The van der Waals surface area contributed by atoms with Crippen LogP contribution in [0.1, 0.15) is 25.0 Å². The summed E-state index contributed by atoms with van der Waals surface area (Å²) in [6.45, 7) is 4.83. The Hall–Kier alpha value is -1.06. The van der Waals surface area contributed by atoms with Crippen molar-refractivity contribution in [3.05, 3.63) is 29.3 Å². The topological polar surface area (TPSA) is 55.5 Å². The molecule has 94 valence electrons. The van der Waals surface area contributed by atoms with E-state index in [1.807, 2.05) is 0 Å². The summed E-state index contributed by atoms with van der Waals surface area (Å²) in [5.41, 5.74) is 7.94. The van der Waals surface area contributed by atoms with Crippen LogP contribution in [0.15, 0.2) is 18.2 Å². The normalized spacial score (nSPS) is 18.6. The van der Waals surface area contributed by atoms with E-state index >= 15 is 0 Å². The van der Waals surface area contributed by atoms with Gasteiger partial charge in [-0.1, -0.05) is 18.2 Å². The minimum atomic E-state index is -0.115. The molecule has 0 fully saturated rings. The van der Waals surface area contributed by atoms with Gasteiger partial charge in [0, 0.05) is 13.0 Å². The number of aliphatic hydroxyl groups excluding tert-OH is 1. The van der Waals surface area contributed by atoms with Crippen LogP contribution in [0, 0.1) is 5.92 Å². The Morgan fingerprint density at radius 2 is 2.24 bits per heavy atom. The van der Waals surface area contributed by atoms with Crippen LogP contribution >= 0.6 is 0 Å². The van der Waals surface area contributed by atoms with Crippen LogP contribution < -0.4 is 10.5 Å². The molecule has 0 radical (unpaired) electrons. The summed E-state index contributed by atoms with van der Waals surface area (Å²) in [5, 5.41) is 9.22. The maximum absolute atomic E-state index is 9.22. The molecule has 0 spiro atoms. The van der Waals surface area contributed by atoms with E-state index in [1.165, 1.54) is 5.56 Å². The molecule has 1 aromatic rings. The van der Waals surface area contributed by atoms with E-state index in [0.717, 1.165) is 24.2 Å². The summed E-state index contributed by atoms with van der Waals surface area (Å²) in [7, 11) is 0. The van der Waals surface area contributed by atoms with Crippen LogP contribution in [0.25, 0.3) is 0 Å². The van der Waals surface area contributed by atoms with Gasteiger partial charge in [-0.15, -0.1) is 0 Å². The molecule has 0 amide bonds. The highest BCUT2D eigenvalue weighted by Gasteiger charge is 2.31. The highest BCUT2D eigenvalue weighted by Crippen LogP contribution is 2.38. The van der Waals surface area contributed by atoms with E-state index in [0.29, 0.717) is 6.54 Å². The molecule has 3 nitrogen and oxygen atoms in total. The smallest absolute Gasteiger partial charge is 0.126 e. The Bertz CT molecular complexity index is 397. The summed E-state index contributed by atoms with van der Waals surface area (Å²) >= 11 is 0. The van der Waals surface area contributed by atoms with Gasteiger partial charge in [0.05, 0.1) is 0 Å². The summed E-state index contributed by atoms with van der Waals surface area (Å²) in [6.07, 6.45) is 1.73. The zero-order valence-electron chi connectivity index (χ0n) is 10.6. The Morgan fingerprint density at radius 1 is 1.47 bits per heavy atom. The molecular formula is C14H21NO2. The second kappa shape index (κ2) is 4.67. The molecule has 3 heteroatoms. The number of para-hydroxylation sites is 1. The molecule has 1 unspecified atom stereocenters. The van der Waals surface area contributed by atoms with Gasteiger partial charge in [0.25, 0.3) is 0 Å². The molecule has 1 heterocycles. The predicted molar refractivity (Wildman–Crippen MR) is 68.2 cm³/mol. The highest BCUT2D eigenvalue weighted by molar-refractivity contribution is 5.46. The van der Waals surface area contributed by atoms with E-state index in [1.54, 1.807) is 0 Å². The molecule has 0 saturated carbocycles. The number of aliphatic hydroxyl groups is 1. The van der Waals surface area contributed by atoms with E-state index in [4.69, 9.17) is 10.5 Å². The number of hydrogen-bond donors (Lipinski definition) is 2. The van der Waals surface area contributed by atoms with Crippen molar-refractivity contribution in [3.63, 3.8) is 0 Å². The number of fused-ring (bicyclic) bond motifs is 1. The van der Waals surface area contributed by atoms with Crippen LogP contribution in [0.4, 0.5) is 0 Å². The van der Waals surface area contributed by atoms with Gasteiger partial charge in [0.15, 0.2) is 0 Å². The van der Waals surface area contributed by atoms with Gasteiger partial charge in [-0.25, -0.2) is 0 Å². The number of benzene rings is 1. The SMILES string of the molecule is CC1(C)Cc2cccc(CC(CN)CO)c2O1. The van der Waals surface area contributed by atoms with E-state index < -0.39 is 0 Å². The molecule has 0 bridgehead atoms. The average Bonchev–Trinajstić information content (AvgIpc) is 2.60. The van der Waals surface area contributed by atoms with Gasteiger partial charge in [-0.05, 0) is 43.9 Å². The maximum Gasteiger partial charge on any atom is 0.126 e. The van der Waals surface area contributed by atoms with Gasteiger partial charge < -0.3 is 15.6 Å². The zero-order valence-corrected chi connectivity index (χ0v) is 10.6. The monoisotopic (exact) mass is 235 g/mol. The number of ether oxygens (including phenoxy) is 1. The fourth-order valence-electron chi connectivity index (χ4n) is 2.37. The summed E-state index contributed by atoms with van der Waals surface area (Å²) in [4.78, 5) is 0. The van der Waals surface area contributed by atoms with Crippen molar-refractivity contribution in [2.45, 2.75) is 32.3 Å². The lowest BCUT2D eigenvalue weighted by Crippen LogP contribution is -2.25. The first-order chi connectivity index (χ1) is 8.05. The van der Waals surface area contributed by atoms with Crippen LogP contribution in [-0.4, -0.2) is 23.9 Å². The first-order valence-electron chi connectivity index (χ1n) is 6.16. The van der Waals surface area contributed by atoms with E-state index in [2.05, 4.69) is 32.0 Å². The average molecular weight is 235 g/mol. The fourth-order valence-corrected chi connectivity index (χ4v) is 2.37. The van der Waals surface area contributed by atoms with Crippen molar-refractivity contribution in [2.24, 2.45) is 11.7 Å². The second-order valence-electron chi connectivity index (χ2n) is 5.43. The van der Waals surface area contributed by atoms with Gasteiger partial charge in [0.1, 0.15) is 11.4 Å². The van der Waals surface area contributed by atoms with Gasteiger partial charge in [-0.3, -0.25) is 0 Å². The quantitative estimate of drug-likeness (QED) is 0.831. The van der Waals surface area contributed by atoms with Crippen LogP contribution in [-0.2, 0) is 12.8 Å². The Morgan fingerprint density at radius 3 is 2.88 bits per heavy atom. The molecular weight excluding hydrogens is 214 g/mol. The lowest BCUT2D eigenvalue weighted by atomic mass is 9.96. The van der Waals surface area contributed by atoms with Crippen molar-refractivity contribution in [3.8, 4) is 5.75 Å². The minimum absolute atomic E-state index is 0.115. The fraction of sp³-hybridized carbons (Fsp3) is 0.571. The number of rotatable bonds is 4. The molecule has 1 aliphatic heterocycles. The Labute approximate surface area is 103 Å². The molecule has 0 saturated heterocycles. The molecule has 0 aromatic heterocycles. The molecule has 1 aromatic carbocycles. The largest absolute Gasteiger partial charge is 0.487 e. The number of nitrogens with two attached hydrogens (primary N) is 1. The van der Waals surface area contributed by atoms with Crippen LogP contribution in [0.5, 0.6) is 5.75 Å². The lowest BCUT2D eigenvalue weighted by Gasteiger charge is -2.19. The van der Waals surface area contributed by atoms with Crippen molar-refractivity contribution in [1.29, 1.82) is 0 Å². The van der Waals surface area contributed by atoms with Crippen molar-refractivity contribution in [1.82, 2.24) is 0 Å². The van der Waals surface area contributed by atoms with Crippen molar-refractivity contribution >= 4 is 0 Å². The maximum atomic E-state index is 9.22. The summed E-state index contributed by atoms with van der Waals surface area (Å²) in [6, 6.07) is 6.24. The zero-order chi connectivity index (χ0) is 12.5. The summed E-state index contributed by atoms with van der Waals surface area (Å²) in [5.74, 6) is 1.12. The van der Waals surface area contributed by atoms with Gasteiger partial charge in [0.2, 0.25) is 0 Å². The third-order valence-electron chi connectivity index (χ3n) is 3.27. The molecule has 3 N–H and O–H groups in total. The highest BCUT2D eigenvalue weighted by atomic mass is 16.5. The first kappa shape index (κ1) is 12.4. The minimum Gasteiger partial charge on any atom is -0.487 e. The van der Waals surface area contributed by atoms with Crippen LogP contribution in [0.3, 0.4) is 0 Å². The Balaban J connectivity index is 2.24. The van der Waals surface area contributed by atoms with Crippen molar-refractivity contribution < 1.29 is 9.84 Å². The Kier molecular flexibility index (Phi) is 3.40. The summed E-state index contributed by atoms with van der Waals surface area (Å²) < 4.78 is 5.99. The molecule has 0 aliphatic carbocycles.